The Bertz CT molecular complexity index is 360. The molecule has 0 radical (unpaired) electrons. The van der Waals surface area contributed by atoms with Gasteiger partial charge in [-0.15, -0.1) is 23.2 Å². The lowest BCUT2D eigenvalue weighted by Crippen LogP contribution is -2.48. The van der Waals surface area contributed by atoms with Crippen LogP contribution in [-0.4, -0.2) is 14.9 Å². The second-order valence-electron chi connectivity index (χ2n) is 4.78. The first-order valence-electron chi connectivity index (χ1n) is 5.83. The molecule has 0 amide bonds. The fraction of sp³-hybridized carbons (Fsp3) is 0.538. The van der Waals surface area contributed by atoms with Gasteiger partial charge in [0.25, 0.3) is 0 Å². The average molecular weight is 291 g/mol. The molecule has 0 spiro atoms. The minimum atomic E-state index is -1.97. The molecule has 0 aliphatic rings. The maximum Gasteiger partial charge on any atom is 0.211 e. The van der Waals surface area contributed by atoms with Crippen LogP contribution in [0.5, 0.6) is 0 Å². The monoisotopic (exact) mass is 290 g/mol. The summed E-state index contributed by atoms with van der Waals surface area (Å²) in [6.07, 6.45) is 0. The molecule has 4 heteroatoms. The quantitative estimate of drug-likeness (QED) is 0.566. The molecule has 0 fully saturated rings. The summed E-state index contributed by atoms with van der Waals surface area (Å²) in [5.74, 6) is 0.533. The van der Waals surface area contributed by atoms with E-state index in [4.69, 9.17) is 27.6 Å². The van der Waals surface area contributed by atoms with Gasteiger partial charge in [-0.3, -0.25) is 0 Å². The van der Waals surface area contributed by atoms with Gasteiger partial charge in [0.05, 0.1) is 4.50 Å². The van der Waals surface area contributed by atoms with E-state index >= 15 is 0 Å². The van der Waals surface area contributed by atoms with Crippen LogP contribution in [0.4, 0.5) is 0 Å². The Labute approximate surface area is 115 Å². The van der Waals surface area contributed by atoms with Crippen LogP contribution in [0.2, 0.25) is 13.1 Å². The van der Waals surface area contributed by atoms with Crippen molar-refractivity contribution >= 4 is 31.5 Å². The highest BCUT2D eigenvalue weighted by atomic mass is 35.5. The van der Waals surface area contributed by atoms with Crippen LogP contribution in [-0.2, 0) is 14.8 Å². The first kappa shape index (κ1) is 15.0. The lowest BCUT2D eigenvalue weighted by molar-refractivity contribution is 0.317. The highest BCUT2D eigenvalue weighted by molar-refractivity contribution is 6.81. The van der Waals surface area contributed by atoms with Gasteiger partial charge >= 0.3 is 0 Å². The van der Waals surface area contributed by atoms with E-state index in [-0.39, 0.29) is 0 Å². The maximum atomic E-state index is 6.73. The van der Waals surface area contributed by atoms with Gasteiger partial charge in [0.2, 0.25) is 8.32 Å². The Kier molecular flexibility index (Phi) is 5.08. The topological polar surface area (TPSA) is 9.23 Å². The summed E-state index contributed by atoms with van der Waals surface area (Å²) in [7, 11) is -1.97. The predicted octanol–water partition coefficient (Wildman–Crippen LogP) is 4.66. The molecule has 0 aliphatic heterocycles. The highest BCUT2D eigenvalue weighted by Gasteiger charge is 2.44. The van der Waals surface area contributed by atoms with Gasteiger partial charge in [0, 0.05) is 12.5 Å². The van der Waals surface area contributed by atoms with E-state index in [1.54, 1.807) is 0 Å². The molecule has 1 nitrogen and oxygen atoms in total. The van der Waals surface area contributed by atoms with E-state index in [9.17, 15) is 0 Å². The molecule has 0 aromatic heterocycles. The number of alkyl halides is 2. The van der Waals surface area contributed by atoms with Crippen molar-refractivity contribution in [1.82, 2.24) is 0 Å². The summed E-state index contributed by atoms with van der Waals surface area (Å²) >= 11 is 12.5. The van der Waals surface area contributed by atoms with Gasteiger partial charge in [-0.2, -0.15) is 0 Å². The van der Waals surface area contributed by atoms with Crippen LogP contribution in [0.25, 0.3) is 0 Å². The summed E-state index contributed by atoms with van der Waals surface area (Å²) < 4.78 is 5.46. The second kappa shape index (κ2) is 5.74. The molecular formula is C13H20Cl2OSi. The lowest BCUT2D eigenvalue weighted by atomic mass is 10.1. The van der Waals surface area contributed by atoms with Crippen molar-refractivity contribution in [2.75, 3.05) is 6.61 Å². The van der Waals surface area contributed by atoms with Crippen LogP contribution in [0.1, 0.15) is 25.0 Å². The molecule has 1 rings (SSSR count). The standard InChI is InChI=1S/C13H20Cl2OSi/c1-5-16-17(3,4)13(2,15)12-8-6-11(10-14)7-9-12/h6-9H,5,10H2,1-4H3. The molecule has 1 unspecified atom stereocenters. The van der Waals surface area contributed by atoms with Crippen molar-refractivity contribution in [2.45, 2.75) is 37.3 Å². The maximum absolute atomic E-state index is 6.73. The number of benzene rings is 1. The molecule has 0 heterocycles. The summed E-state index contributed by atoms with van der Waals surface area (Å²) in [5.41, 5.74) is 2.22. The fourth-order valence-corrected chi connectivity index (χ4v) is 4.07. The Morgan fingerprint density at radius 1 is 1.24 bits per heavy atom. The highest BCUT2D eigenvalue weighted by Crippen LogP contribution is 2.38. The van der Waals surface area contributed by atoms with Crippen LogP contribution >= 0.6 is 23.2 Å². The normalized spacial score (nSPS) is 15.6. The molecule has 1 aromatic rings. The van der Waals surface area contributed by atoms with Crippen molar-refractivity contribution in [3.05, 3.63) is 35.4 Å². The van der Waals surface area contributed by atoms with Crippen LogP contribution < -0.4 is 0 Å². The first-order valence-corrected chi connectivity index (χ1v) is 9.65. The summed E-state index contributed by atoms with van der Waals surface area (Å²) in [4.78, 5) is 0. The Morgan fingerprint density at radius 2 is 1.76 bits per heavy atom. The van der Waals surface area contributed by atoms with E-state index in [0.717, 1.165) is 11.1 Å². The smallest absolute Gasteiger partial charge is 0.211 e. The number of halogens is 2. The van der Waals surface area contributed by atoms with E-state index in [1.165, 1.54) is 0 Å². The van der Waals surface area contributed by atoms with Crippen molar-refractivity contribution in [1.29, 1.82) is 0 Å². The molecule has 0 saturated carbocycles. The van der Waals surface area contributed by atoms with Crippen LogP contribution in [0.3, 0.4) is 0 Å². The molecule has 96 valence electrons. The first-order chi connectivity index (χ1) is 7.85. The number of hydrogen-bond donors (Lipinski definition) is 0. The SMILES string of the molecule is CCO[Si](C)(C)C(C)(Cl)c1ccc(CCl)cc1. The van der Waals surface area contributed by atoms with Gasteiger partial charge in [-0.25, -0.2) is 0 Å². The Balaban J connectivity index is 3.02. The molecule has 17 heavy (non-hydrogen) atoms. The van der Waals surface area contributed by atoms with Gasteiger partial charge in [-0.1, -0.05) is 24.3 Å². The van der Waals surface area contributed by atoms with Crippen molar-refractivity contribution in [3.8, 4) is 0 Å². The zero-order chi connectivity index (χ0) is 13.1. The summed E-state index contributed by atoms with van der Waals surface area (Å²) in [6.45, 7) is 9.07. The zero-order valence-corrected chi connectivity index (χ0v) is 13.4. The third-order valence-corrected chi connectivity index (χ3v) is 8.74. The van der Waals surface area contributed by atoms with Gasteiger partial charge in [0.1, 0.15) is 0 Å². The molecule has 0 saturated heterocycles. The Morgan fingerprint density at radius 3 is 2.18 bits per heavy atom. The minimum absolute atomic E-state index is 0.423. The third-order valence-electron chi connectivity index (χ3n) is 3.29. The summed E-state index contributed by atoms with van der Waals surface area (Å²) in [5, 5.41) is 0. The second-order valence-corrected chi connectivity index (χ2v) is 10.4. The predicted molar refractivity (Wildman–Crippen MR) is 78.3 cm³/mol. The van der Waals surface area contributed by atoms with Crippen molar-refractivity contribution in [3.63, 3.8) is 0 Å². The number of rotatable bonds is 5. The zero-order valence-electron chi connectivity index (χ0n) is 10.9. The van der Waals surface area contributed by atoms with E-state index in [2.05, 4.69) is 25.2 Å². The molecule has 1 aromatic carbocycles. The lowest BCUT2D eigenvalue weighted by Gasteiger charge is -2.37. The van der Waals surface area contributed by atoms with Crippen molar-refractivity contribution in [2.24, 2.45) is 0 Å². The van der Waals surface area contributed by atoms with E-state index in [1.807, 2.05) is 26.0 Å². The summed E-state index contributed by atoms with van der Waals surface area (Å²) in [6, 6.07) is 8.16. The Hall–Kier alpha value is -0.0231. The number of hydrogen-bond acceptors (Lipinski definition) is 1. The van der Waals surface area contributed by atoms with Crippen LogP contribution in [0, 0.1) is 0 Å². The molecule has 0 N–H and O–H groups in total. The van der Waals surface area contributed by atoms with Gasteiger partial charge in [-0.05, 0) is 38.1 Å². The largest absolute Gasteiger partial charge is 0.416 e. The average Bonchev–Trinajstić information content (AvgIpc) is 2.29. The third kappa shape index (κ3) is 3.25. The minimum Gasteiger partial charge on any atom is -0.416 e. The molecular weight excluding hydrogens is 271 g/mol. The van der Waals surface area contributed by atoms with E-state index in [0.29, 0.717) is 12.5 Å². The van der Waals surface area contributed by atoms with Gasteiger partial charge < -0.3 is 4.43 Å². The van der Waals surface area contributed by atoms with Gasteiger partial charge in [0.15, 0.2) is 0 Å². The molecule has 0 bridgehead atoms. The fourth-order valence-electron chi connectivity index (χ4n) is 1.75. The molecule has 1 atom stereocenters. The molecule has 0 aliphatic carbocycles. The van der Waals surface area contributed by atoms with Crippen molar-refractivity contribution < 1.29 is 4.43 Å². The van der Waals surface area contributed by atoms with E-state index < -0.39 is 12.8 Å². The van der Waals surface area contributed by atoms with Crippen LogP contribution in [0.15, 0.2) is 24.3 Å².